The fraction of sp³-hybridized carbons (Fsp3) is 0.267. The van der Waals surface area contributed by atoms with Gasteiger partial charge in [0.05, 0.1) is 11.4 Å². The van der Waals surface area contributed by atoms with Gasteiger partial charge in [0.1, 0.15) is 0 Å². The highest BCUT2D eigenvalue weighted by atomic mass is 32.2. The average Bonchev–Trinajstić information content (AvgIpc) is 2.99. The Morgan fingerprint density at radius 2 is 1.86 bits per heavy atom. The SMILES string of the molecule is CN(Cc1cccs1)C(=O)c1cccc(S(=O)(=O)N(C)C)c1. The summed E-state index contributed by atoms with van der Waals surface area (Å²) in [5.74, 6) is -0.204. The number of hydrogen-bond donors (Lipinski definition) is 0. The van der Waals surface area contributed by atoms with E-state index in [2.05, 4.69) is 0 Å². The van der Waals surface area contributed by atoms with Crippen LogP contribution >= 0.6 is 11.3 Å². The quantitative estimate of drug-likeness (QED) is 0.840. The van der Waals surface area contributed by atoms with Crippen LogP contribution in [0.2, 0.25) is 0 Å². The fourth-order valence-corrected chi connectivity index (χ4v) is 3.63. The minimum absolute atomic E-state index is 0.118. The number of sulfonamides is 1. The Kier molecular flexibility index (Phi) is 5.00. The molecule has 0 unspecified atom stereocenters. The smallest absolute Gasteiger partial charge is 0.253 e. The summed E-state index contributed by atoms with van der Waals surface area (Å²) < 4.78 is 25.4. The van der Waals surface area contributed by atoms with Gasteiger partial charge in [0.2, 0.25) is 10.0 Å². The minimum Gasteiger partial charge on any atom is -0.337 e. The molecule has 0 aliphatic heterocycles. The Morgan fingerprint density at radius 1 is 1.14 bits per heavy atom. The normalized spacial score (nSPS) is 11.6. The lowest BCUT2D eigenvalue weighted by atomic mass is 10.2. The van der Waals surface area contributed by atoms with Gasteiger partial charge >= 0.3 is 0 Å². The van der Waals surface area contributed by atoms with Crippen molar-refractivity contribution in [3.05, 3.63) is 52.2 Å². The number of benzene rings is 1. The number of amides is 1. The summed E-state index contributed by atoms with van der Waals surface area (Å²) in [6, 6.07) is 10.0. The second-order valence-electron chi connectivity index (χ2n) is 5.06. The Hall–Kier alpha value is -1.70. The number of nitrogens with zero attached hydrogens (tertiary/aromatic N) is 2. The predicted octanol–water partition coefficient (Wildman–Crippen LogP) is 2.27. The molecule has 2 aromatic rings. The molecule has 1 aromatic heterocycles. The van der Waals surface area contributed by atoms with Crippen molar-refractivity contribution in [2.24, 2.45) is 0 Å². The van der Waals surface area contributed by atoms with Crippen LogP contribution in [0.1, 0.15) is 15.2 Å². The first-order chi connectivity index (χ1) is 10.3. The molecule has 1 heterocycles. The molecule has 0 aliphatic carbocycles. The second kappa shape index (κ2) is 6.60. The summed E-state index contributed by atoms with van der Waals surface area (Å²) in [7, 11) is 1.09. The molecule has 0 spiro atoms. The van der Waals surface area contributed by atoms with E-state index in [0.29, 0.717) is 12.1 Å². The molecule has 1 amide bonds. The monoisotopic (exact) mass is 338 g/mol. The van der Waals surface area contributed by atoms with E-state index in [0.717, 1.165) is 9.18 Å². The number of carbonyl (C=O) groups excluding carboxylic acids is 1. The maximum Gasteiger partial charge on any atom is 0.253 e. The van der Waals surface area contributed by atoms with Crippen molar-refractivity contribution in [1.29, 1.82) is 0 Å². The van der Waals surface area contributed by atoms with Crippen LogP contribution in [0, 0.1) is 0 Å². The van der Waals surface area contributed by atoms with Crippen LogP contribution in [-0.2, 0) is 16.6 Å². The van der Waals surface area contributed by atoms with E-state index in [1.807, 2.05) is 17.5 Å². The summed E-state index contributed by atoms with van der Waals surface area (Å²) in [5, 5.41) is 1.96. The van der Waals surface area contributed by atoms with Gasteiger partial charge in [0, 0.05) is 31.6 Å². The van der Waals surface area contributed by atoms with Gasteiger partial charge < -0.3 is 4.90 Å². The van der Waals surface area contributed by atoms with Crippen molar-refractivity contribution in [1.82, 2.24) is 9.21 Å². The molecule has 5 nitrogen and oxygen atoms in total. The third-order valence-electron chi connectivity index (χ3n) is 3.18. The zero-order chi connectivity index (χ0) is 16.3. The van der Waals surface area contributed by atoms with Gasteiger partial charge in [-0.2, -0.15) is 0 Å². The summed E-state index contributed by atoms with van der Waals surface area (Å²) in [4.78, 5) is 15.2. The Labute approximate surface area is 134 Å². The molecule has 0 fully saturated rings. The Balaban J connectivity index is 2.24. The number of carbonyl (C=O) groups is 1. The molecule has 7 heteroatoms. The van der Waals surface area contributed by atoms with Crippen molar-refractivity contribution < 1.29 is 13.2 Å². The molecule has 0 aliphatic rings. The summed E-state index contributed by atoms with van der Waals surface area (Å²) >= 11 is 1.58. The van der Waals surface area contributed by atoms with Crippen LogP contribution in [0.15, 0.2) is 46.7 Å². The van der Waals surface area contributed by atoms with E-state index in [4.69, 9.17) is 0 Å². The van der Waals surface area contributed by atoms with Crippen LogP contribution in [0.5, 0.6) is 0 Å². The highest BCUT2D eigenvalue weighted by Gasteiger charge is 2.20. The van der Waals surface area contributed by atoms with Gasteiger partial charge in [-0.05, 0) is 29.6 Å². The minimum atomic E-state index is -3.54. The van der Waals surface area contributed by atoms with E-state index in [-0.39, 0.29) is 10.8 Å². The third kappa shape index (κ3) is 3.55. The van der Waals surface area contributed by atoms with Crippen LogP contribution in [0.25, 0.3) is 0 Å². The molecule has 0 atom stereocenters. The van der Waals surface area contributed by atoms with Gasteiger partial charge in [-0.3, -0.25) is 4.79 Å². The predicted molar refractivity (Wildman–Crippen MR) is 87.4 cm³/mol. The summed E-state index contributed by atoms with van der Waals surface area (Å²) in [5.41, 5.74) is 0.363. The van der Waals surface area contributed by atoms with E-state index < -0.39 is 10.0 Å². The van der Waals surface area contributed by atoms with Crippen molar-refractivity contribution in [2.45, 2.75) is 11.4 Å². The van der Waals surface area contributed by atoms with Crippen LogP contribution in [0.4, 0.5) is 0 Å². The molecule has 118 valence electrons. The van der Waals surface area contributed by atoms with E-state index in [1.165, 1.54) is 26.2 Å². The molecule has 0 bridgehead atoms. The molecule has 0 radical (unpaired) electrons. The molecule has 22 heavy (non-hydrogen) atoms. The molecular weight excluding hydrogens is 320 g/mol. The first-order valence-electron chi connectivity index (χ1n) is 6.63. The lowest BCUT2D eigenvalue weighted by Crippen LogP contribution is -2.26. The molecule has 0 saturated heterocycles. The standard InChI is InChI=1S/C15H18N2O3S2/c1-16(2)22(19,20)14-8-4-6-12(10-14)15(18)17(3)11-13-7-5-9-21-13/h4-10H,11H2,1-3H3. The van der Waals surface area contributed by atoms with Gasteiger partial charge in [0.15, 0.2) is 0 Å². The maximum atomic E-state index is 12.4. The van der Waals surface area contributed by atoms with Crippen molar-refractivity contribution in [3.8, 4) is 0 Å². The lowest BCUT2D eigenvalue weighted by Gasteiger charge is -2.17. The highest BCUT2D eigenvalue weighted by Crippen LogP contribution is 2.17. The molecule has 2 rings (SSSR count). The van der Waals surface area contributed by atoms with Gasteiger partial charge in [-0.25, -0.2) is 12.7 Å². The topological polar surface area (TPSA) is 57.7 Å². The van der Waals surface area contributed by atoms with Gasteiger partial charge in [0.25, 0.3) is 5.91 Å². The Bertz CT molecular complexity index is 753. The fourth-order valence-electron chi connectivity index (χ4n) is 1.93. The first-order valence-corrected chi connectivity index (χ1v) is 8.95. The van der Waals surface area contributed by atoms with Crippen LogP contribution in [0.3, 0.4) is 0 Å². The summed E-state index contributed by atoms with van der Waals surface area (Å²) in [6.07, 6.45) is 0. The van der Waals surface area contributed by atoms with E-state index >= 15 is 0 Å². The first kappa shape index (κ1) is 16.7. The molecule has 1 aromatic carbocycles. The second-order valence-corrected chi connectivity index (χ2v) is 8.24. The number of hydrogen-bond acceptors (Lipinski definition) is 4. The highest BCUT2D eigenvalue weighted by molar-refractivity contribution is 7.89. The summed E-state index contributed by atoms with van der Waals surface area (Å²) in [6.45, 7) is 0.501. The number of rotatable bonds is 5. The van der Waals surface area contributed by atoms with Gasteiger partial charge in [-0.15, -0.1) is 11.3 Å². The average molecular weight is 338 g/mol. The molecule has 0 saturated carbocycles. The van der Waals surface area contributed by atoms with Gasteiger partial charge in [-0.1, -0.05) is 12.1 Å². The molecule has 0 N–H and O–H groups in total. The zero-order valence-corrected chi connectivity index (χ0v) is 14.3. The Morgan fingerprint density at radius 3 is 2.45 bits per heavy atom. The van der Waals surface area contributed by atoms with E-state index in [9.17, 15) is 13.2 Å². The molecular formula is C15H18N2O3S2. The maximum absolute atomic E-state index is 12.4. The van der Waals surface area contributed by atoms with Crippen molar-refractivity contribution in [2.75, 3.05) is 21.1 Å². The van der Waals surface area contributed by atoms with Crippen LogP contribution < -0.4 is 0 Å². The zero-order valence-electron chi connectivity index (χ0n) is 12.7. The van der Waals surface area contributed by atoms with Crippen molar-refractivity contribution >= 4 is 27.3 Å². The third-order valence-corrected chi connectivity index (χ3v) is 5.85. The largest absolute Gasteiger partial charge is 0.337 e. The van der Waals surface area contributed by atoms with Crippen molar-refractivity contribution in [3.63, 3.8) is 0 Å². The lowest BCUT2D eigenvalue weighted by molar-refractivity contribution is 0.0786. The number of thiophene rings is 1. The van der Waals surface area contributed by atoms with E-state index in [1.54, 1.807) is 35.4 Å². The van der Waals surface area contributed by atoms with Crippen LogP contribution in [-0.4, -0.2) is 44.7 Å².